The summed E-state index contributed by atoms with van der Waals surface area (Å²) < 4.78 is 1.13. The van der Waals surface area contributed by atoms with Crippen molar-refractivity contribution in [2.75, 3.05) is 13.1 Å². The van der Waals surface area contributed by atoms with E-state index in [0.717, 1.165) is 24.0 Å². The molecule has 0 aliphatic rings. The van der Waals surface area contributed by atoms with Gasteiger partial charge in [0.15, 0.2) is 0 Å². The number of rotatable bonds is 7. The molecule has 3 heteroatoms. The smallest absolute Gasteiger partial charge is 0.0317 e. The molecule has 1 aromatic carbocycles. The lowest BCUT2D eigenvalue weighted by Crippen LogP contribution is -2.33. The number of hydrogen-bond donors (Lipinski definition) is 2. The fourth-order valence-electron chi connectivity index (χ4n) is 2.08. The van der Waals surface area contributed by atoms with Gasteiger partial charge in [0, 0.05) is 10.5 Å². The number of halogens is 1. The summed E-state index contributed by atoms with van der Waals surface area (Å²) in [5.74, 6) is 1.18. The molecule has 2 unspecified atom stereocenters. The van der Waals surface area contributed by atoms with Crippen molar-refractivity contribution in [1.29, 1.82) is 0 Å². The van der Waals surface area contributed by atoms with Gasteiger partial charge in [-0.3, -0.25) is 0 Å². The van der Waals surface area contributed by atoms with Crippen molar-refractivity contribution in [3.05, 3.63) is 34.3 Å². The molecule has 2 atom stereocenters. The monoisotopic (exact) mass is 312 g/mol. The second-order valence-corrected chi connectivity index (χ2v) is 6.08. The van der Waals surface area contributed by atoms with Crippen molar-refractivity contribution < 1.29 is 0 Å². The van der Waals surface area contributed by atoms with Crippen LogP contribution in [-0.4, -0.2) is 13.1 Å². The third kappa shape index (κ3) is 4.71. The number of nitrogens with one attached hydrogen (secondary N) is 1. The maximum absolute atomic E-state index is 5.81. The Morgan fingerprint density at radius 1 is 1.22 bits per heavy atom. The summed E-state index contributed by atoms with van der Waals surface area (Å²) in [6.07, 6.45) is 1.09. The first-order valence-corrected chi connectivity index (χ1v) is 7.56. The summed E-state index contributed by atoms with van der Waals surface area (Å²) in [7, 11) is 0. The van der Waals surface area contributed by atoms with Gasteiger partial charge in [-0.1, -0.05) is 48.8 Å². The van der Waals surface area contributed by atoms with Crippen LogP contribution in [0.2, 0.25) is 0 Å². The number of benzene rings is 1. The zero-order valence-corrected chi connectivity index (χ0v) is 13.2. The first-order valence-electron chi connectivity index (χ1n) is 6.77. The van der Waals surface area contributed by atoms with E-state index < -0.39 is 0 Å². The maximum Gasteiger partial charge on any atom is 0.0317 e. The molecule has 102 valence electrons. The van der Waals surface area contributed by atoms with Gasteiger partial charge in [0.25, 0.3) is 0 Å². The summed E-state index contributed by atoms with van der Waals surface area (Å²) in [5, 5.41) is 3.64. The Bertz CT molecular complexity index is 335. The van der Waals surface area contributed by atoms with Gasteiger partial charge < -0.3 is 11.1 Å². The van der Waals surface area contributed by atoms with Gasteiger partial charge in [-0.15, -0.1) is 0 Å². The van der Waals surface area contributed by atoms with Crippen LogP contribution in [0.15, 0.2) is 28.7 Å². The molecule has 3 N–H and O–H groups in total. The molecule has 0 radical (unpaired) electrons. The molecule has 0 aliphatic carbocycles. The average molecular weight is 313 g/mol. The van der Waals surface area contributed by atoms with E-state index in [9.17, 15) is 0 Å². The quantitative estimate of drug-likeness (QED) is 0.805. The summed E-state index contributed by atoms with van der Waals surface area (Å²) >= 11 is 3.47. The minimum Gasteiger partial charge on any atom is -0.330 e. The Balaban J connectivity index is 2.59. The van der Waals surface area contributed by atoms with E-state index in [1.54, 1.807) is 0 Å². The SMILES string of the molecule is CCC(NCC(CN)C(C)C)c1ccc(Br)cc1. The average Bonchev–Trinajstić information content (AvgIpc) is 2.36. The van der Waals surface area contributed by atoms with E-state index >= 15 is 0 Å². The van der Waals surface area contributed by atoms with Crippen LogP contribution < -0.4 is 11.1 Å². The van der Waals surface area contributed by atoms with Crippen LogP contribution in [0.1, 0.15) is 38.8 Å². The van der Waals surface area contributed by atoms with Gasteiger partial charge in [-0.25, -0.2) is 0 Å². The Morgan fingerprint density at radius 3 is 2.28 bits per heavy atom. The molecule has 0 bridgehead atoms. The van der Waals surface area contributed by atoms with Gasteiger partial charge >= 0.3 is 0 Å². The summed E-state index contributed by atoms with van der Waals surface area (Å²) in [5.41, 5.74) is 7.16. The lowest BCUT2D eigenvalue weighted by Gasteiger charge is -2.24. The molecule has 0 saturated heterocycles. The van der Waals surface area contributed by atoms with E-state index in [1.165, 1.54) is 5.56 Å². The van der Waals surface area contributed by atoms with Crippen molar-refractivity contribution in [1.82, 2.24) is 5.32 Å². The lowest BCUT2D eigenvalue weighted by molar-refractivity contribution is 0.348. The Hall–Kier alpha value is -0.380. The molecule has 1 rings (SSSR count). The molecule has 0 heterocycles. The molecule has 0 aromatic heterocycles. The van der Waals surface area contributed by atoms with Crippen LogP contribution >= 0.6 is 15.9 Å². The first kappa shape index (κ1) is 15.7. The summed E-state index contributed by atoms with van der Waals surface area (Å²) in [6.45, 7) is 8.43. The van der Waals surface area contributed by atoms with E-state index in [4.69, 9.17) is 5.73 Å². The van der Waals surface area contributed by atoms with Crippen LogP contribution in [0.5, 0.6) is 0 Å². The highest BCUT2D eigenvalue weighted by Crippen LogP contribution is 2.20. The van der Waals surface area contributed by atoms with Crippen molar-refractivity contribution in [2.24, 2.45) is 17.6 Å². The van der Waals surface area contributed by atoms with E-state index in [1.807, 2.05) is 0 Å². The Kier molecular flexibility index (Phi) is 6.90. The molecule has 2 nitrogen and oxygen atoms in total. The molecule has 1 aromatic rings. The van der Waals surface area contributed by atoms with Crippen LogP contribution in [0.25, 0.3) is 0 Å². The van der Waals surface area contributed by atoms with Gasteiger partial charge in [-0.2, -0.15) is 0 Å². The van der Waals surface area contributed by atoms with Gasteiger partial charge in [0.05, 0.1) is 0 Å². The third-order valence-corrected chi connectivity index (χ3v) is 4.08. The fraction of sp³-hybridized carbons (Fsp3) is 0.600. The standard InChI is InChI=1S/C15H25BrN2/c1-4-15(12-5-7-14(16)8-6-12)18-10-13(9-17)11(2)3/h5-8,11,13,15,18H,4,9-10,17H2,1-3H3. The van der Waals surface area contributed by atoms with Crippen LogP contribution in [0, 0.1) is 11.8 Å². The van der Waals surface area contributed by atoms with Gasteiger partial charge in [0.1, 0.15) is 0 Å². The fourth-order valence-corrected chi connectivity index (χ4v) is 2.34. The maximum atomic E-state index is 5.81. The first-order chi connectivity index (χ1) is 8.58. The van der Waals surface area contributed by atoms with E-state index in [-0.39, 0.29) is 0 Å². The van der Waals surface area contributed by atoms with Gasteiger partial charge in [-0.05, 0) is 49.0 Å². The highest BCUT2D eigenvalue weighted by molar-refractivity contribution is 9.10. The molecule has 0 saturated carbocycles. The molecule has 0 aliphatic heterocycles. The Morgan fingerprint density at radius 2 is 1.83 bits per heavy atom. The molecular formula is C15H25BrN2. The number of hydrogen-bond acceptors (Lipinski definition) is 2. The number of nitrogens with two attached hydrogens (primary N) is 1. The molecule has 0 spiro atoms. The predicted octanol–water partition coefficient (Wildman–Crippen LogP) is 3.72. The molecule has 0 fully saturated rings. The molecule has 18 heavy (non-hydrogen) atoms. The Labute approximate surface area is 119 Å². The largest absolute Gasteiger partial charge is 0.330 e. The molecule has 0 amide bonds. The van der Waals surface area contributed by atoms with Crippen molar-refractivity contribution in [3.8, 4) is 0 Å². The normalized spacial score (nSPS) is 14.8. The zero-order valence-electron chi connectivity index (χ0n) is 11.6. The molecular weight excluding hydrogens is 288 g/mol. The van der Waals surface area contributed by atoms with E-state index in [0.29, 0.717) is 17.9 Å². The highest BCUT2D eigenvalue weighted by Gasteiger charge is 2.14. The minimum absolute atomic E-state index is 0.422. The lowest BCUT2D eigenvalue weighted by atomic mass is 9.95. The highest BCUT2D eigenvalue weighted by atomic mass is 79.9. The van der Waals surface area contributed by atoms with Crippen molar-refractivity contribution >= 4 is 15.9 Å². The van der Waals surface area contributed by atoms with Crippen LogP contribution in [0.3, 0.4) is 0 Å². The topological polar surface area (TPSA) is 38.0 Å². The minimum atomic E-state index is 0.422. The second kappa shape index (κ2) is 7.93. The van der Waals surface area contributed by atoms with Crippen molar-refractivity contribution in [2.45, 2.75) is 33.2 Å². The van der Waals surface area contributed by atoms with Crippen molar-refractivity contribution in [3.63, 3.8) is 0 Å². The van der Waals surface area contributed by atoms with Gasteiger partial charge in [0.2, 0.25) is 0 Å². The third-order valence-electron chi connectivity index (χ3n) is 3.55. The summed E-state index contributed by atoms with van der Waals surface area (Å²) in [4.78, 5) is 0. The second-order valence-electron chi connectivity index (χ2n) is 5.16. The zero-order chi connectivity index (χ0) is 13.5. The van der Waals surface area contributed by atoms with E-state index in [2.05, 4.69) is 66.3 Å². The van der Waals surface area contributed by atoms with Crippen LogP contribution in [0.4, 0.5) is 0 Å². The summed E-state index contributed by atoms with van der Waals surface area (Å²) in [6, 6.07) is 8.98. The van der Waals surface area contributed by atoms with Crippen LogP contribution in [-0.2, 0) is 0 Å². The predicted molar refractivity (Wildman–Crippen MR) is 82.6 cm³/mol.